The van der Waals surface area contributed by atoms with Gasteiger partial charge in [0, 0.05) is 49.4 Å². The maximum Gasteiger partial charge on any atom is 0.319 e. The molecule has 0 saturated heterocycles. The van der Waals surface area contributed by atoms with Gasteiger partial charge in [0.25, 0.3) is 5.69 Å². The predicted octanol–water partition coefficient (Wildman–Crippen LogP) is 4.75. The van der Waals surface area contributed by atoms with Crippen molar-refractivity contribution in [3.8, 4) is 0 Å². The molecule has 3 N–H and O–H groups in total. The molecule has 0 unspecified atom stereocenters. The van der Waals surface area contributed by atoms with Crippen molar-refractivity contribution in [3.05, 3.63) is 64.7 Å². The molecule has 2 amide bonds. The minimum absolute atomic E-state index is 0.0210. The zero-order chi connectivity index (χ0) is 23.4. The molecule has 1 heterocycles. The first kappa shape index (κ1) is 22.3. The van der Waals surface area contributed by atoms with Gasteiger partial charge in [0.15, 0.2) is 0 Å². The van der Waals surface area contributed by atoms with E-state index in [2.05, 4.69) is 33.0 Å². The van der Waals surface area contributed by atoms with Crippen LogP contribution in [0.15, 0.2) is 54.6 Å². The molecule has 0 aliphatic heterocycles. The van der Waals surface area contributed by atoms with E-state index in [9.17, 15) is 14.9 Å². The molecule has 0 atom stereocenters. The van der Waals surface area contributed by atoms with Gasteiger partial charge in [-0.15, -0.1) is 0 Å². The van der Waals surface area contributed by atoms with Crippen LogP contribution in [0, 0.1) is 10.1 Å². The number of benzene rings is 2. The Hall–Kier alpha value is -3.88. The molecule has 0 bridgehead atoms. The Morgan fingerprint density at radius 3 is 2.42 bits per heavy atom. The number of hydrogen-bond donors (Lipinski definition) is 3. The maximum absolute atomic E-state index is 12.4. The summed E-state index contributed by atoms with van der Waals surface area (Å²) in [5.74, 6) is 0.850. The lowest BCUT2D eigenvalue weighted by Gasteiger charge is -2.30. The van der Waals surface area contributed by atoms with E-state index in [1.54, 1.807) is 12.1 Å². The van der Waals surface area contributed by atoms with Crippen LogP contribution in [0.2, 0.25) is 0 Å². The largest absolute Gasteiger partial charge is 0.377 e. The fourth-order valence-electron chi connectivity index (χ4n) is 4.27. The number of anilines is 3. The molecule has 1 aliphatic rings. The molecular formula is C24H28N6O3. The molecule has 9 nitrogen and oxygen atoms in total. The molecule has 9 heteroatoms. The molecule has 3 aromatic rings. The Kier molecular flexibility index (Phi) is 6.58. The quantitative estimate of drug-likeness (QED) is 0.370. The number of amides is 2. The van der Waals surface area contributed by atoms with Gasteiger partial charge in [0.1, 0.15) is 11.5 Å². The topological polar surface area (TPSA) is 112 Å². The summed E-state index contributed by atoms with van der Waals surface area (Å²) >= 11 is 0. The van der Waals surface area contributed by atoms with Gasteiger partial charge in [-0.2, -0.15) is 0 Å². The zero-order valence-corrected chi connectivity index (χ0v) is 18.7. The van der Waals surface area contributed by atoms with E-state index in [0.29, 0.717) is 0 Å². The highest BCUT2D eigenvalue weighted by Crippen LogP contribution is 2.29. The molecule has 1 aromatic heterocycles. The average molecular weight is 449 g/mol. The molecule has 1 aliphatic carbocycles. The lowest BCUT2D eigenvalue weighted by Crippen LogP contribution is -2.42. The maximum atomic E-state index is 12.4. The third-order valence-electron chi connectivity index (χ3n) is 5.94. The first-order chi connectivity index (χ1) is 15.9. The van der Waals surface area contributed by atoms with Gasteiger partial charge < -0.3 is 20.9 Å². The van der Waals surface area contributed by atoms with Gasteiger partial charge in [-0.25, -0.2) is 9.78 Å². The number of carbonyl (C=O) groups excluding carboxylic acids is 1. The Balaban J connectivity index is 1.33. The van der Waals surface area contributed by atoms with Crippen molar-refractivity contribution in [2.45, 2.75) is 37.8 Å². The number of fused-ring (bicyclic) bond motifs is 1. The van der Waals surface area contributed by atoms with Crippen LogP contribution in [0.3, 0.4) is 0 Å². The summed E-state index contributed by atoms with van der Waals surface area (Å²) in [6, 6.07) is 16.2. The van der Waals surface area contributed by atoms with Crippen LogP contribution in [-0.2, 0) is 0 Å². The normalized spacial score (nSPS) is 17.9. The van der Waals surface area contributed by atoms with Gasteiger partial charge in [0.2, 0.25) is 0 Å². The standard InChI is InChI=1S/C24H28N6O3/c1-29(2)22-15-23(27-19-8-4-3-7-18(19)22)25-16-11-13-17(14-12-16)26-24(31)28-20-9-5-6-10-21(20)30(32)33/h3-10,15-17H,11-14H2,1-2H3,(H,25,27)(H2,26,28,31)/t16-,17+. The average Bonchev–Trinajstić information content (AvgIpc) is 2.80. The van der Waals surface area contributed by atoms with Crippen molar-refractivity contribution >= 4 is 39.8 Å². The number of pyridine rings is 1. The van der Waals surface area contributed by atoms with Crippen LogP contribution < -0.4 is 20.9 Å². The van der Waals surface area contributed by atoms with Crippen molar-refractivity contribution < 1.29 is 9.72 Å². The molecule has 1 fully saturated rings. The number of urea groups is 1. The second-order valence-corrected chi connectivity index (χ2v) is 8.50. The highest BCUT2D eigenvalue weighted by Gasteiger charge is 2.24. The van der Waals surface area contributed by atoms with E-state index < -0.39 is 11.0 Å². The van der Waals surface area contributed by atoms with Gasteiger partial charge in [-0.05, 0) is 37.8 Å². The first-order valence-corrected chi connectivity index (χ1v) is 11.1. The molecule has 1 saturated carbocycles. The summed E-state index contributed by atoms with van der Waals surface area (Å²) in [5.41, 5.74) is 2.13. The van der Waals surface area contributed by atoms with Crippen LogP contribution in [-0.4, -0.2) is 42.1 Å². The predicted molar refractivity (Wildman–Crippen MR) is 131 cm³/mol. The second kappa shape index (κ2) is 9.72. The van der Waals surface area contributed by atoms with Gasteiger partial charge in [-0.1, -0.05) is 30.3 Å². The third kappa shape index (κ3) is 5.31. The lowest BCUT2D eigenvalue weighted by atomic mass is 9.91. The third-order valence-corrected chi connectivity index (χ3v) is 5.94. The van der Waals surface area contributed by atoms with E-state index in [4.69, 9.17) is 4.98 Å². The summed E-state index contributed by atoms with van der Waals surface area (Å²) in [7, 11) is 4.05. The van der Waals surface area contributed by atoms with E-state index in [-0.39, 0.29) is 23.5 Å². The van der Waals surface area contributed by atoms with E-state index in [0.717, 1.165) is 48.1 Å². The molecule has 33 heavy (non-hydrogen) atoms. The lowest BCUT2D eigenvalue weighted by molar-refractivity contribution is -0.383. The number of nitro benzene ring substituents is 1. The van der Waals surface area contributed by atoms with Crippen LogP contribution in [0.5, 0.6) is 0 Å². The Morgan fingerprint density at radius 1 is 1.03 bits per heavy atom. The fraction of sp³-hybridized carbons (Fsp3) is 0.333. The molecule has 172 valence electrons. The monoisotopic (exact) mass is 448 g/mol. The summed E-state index contributed by atoms with van der Waals surface area (Å²) in [5, 5.41) is 21.4. The molecule has 4 rings (SSSR count). The van der Waals surface area contributed by atoms with Gasteiger partial charge in [-0.3, -0.25) is 10.1 Å². The number of nitrogens with zero attached hydrogens (tertiary/aromatic N) is 3. The SMILES string of the molecule is CN(C)c1cc(N[C@H]2CC[C@@H](NC(=O)Nc3ccccc3[N+](=O)[O-])CC2)nc2ccccc12. The van der Waals surface area contributed by atoms with Crippen molar-refractivity contribution in [2.24, 2.45) is 0 Å². The van der Waals surface area contributed by atoms with Crippen molar-refractivity contribution in [3.63, 3.8) is 0 Å². The Morgan fingerprint density at radius 2 is 1.70 bits per heavy atom. The molecule has 0 spiro atoms. The minimum atomic E-state index is -0.505. The number of rotatable bonds is 6. The molecule has 2 aromatic carbocycles. The van der Waals surface area contributed by atoms with E-state index in [1.165, 1.54) is 12.1 Å². The summed E-state index contributed by atoms with van der Waals surface area (Å²) < 4.78 is 0. The van der Waals surface area contributed by atoms with Gasteiger partial charge >= 0.3 is 6.03 Å². The first-order valence-electron chi connectivity index (χ1n) is 11.1. The van der Waals surface area contributed by atoms with Crippen molar-refractivity contribution in [2.75, 3.05) is 29.6 Å². The summed E-state index contributed by atoms with van der Waals surface area (Å²) in [6.45, 7) is 0. The number of carbonyl (C=O) groups is 1. The van der Waals surface area contributed by atoms with Crippen molar-refractivity contribution in [1.82, 2.24) is 10.3 Å². The zero-order valence-electron chi connectivity index (χ0n) is 18.7. The van der Waals surface area contributed by atoms with Crippen LogP contribution in [0.1, 0.15) is 25.7 Å². The second-order valence-electron chi connectivity index (χ2n) is 8.50. The van der Waals surface area contributed by atoms with Crippen molar-refractivity contribution in [1.29, 1.82) is 0 Å². The van der Waals surface area contributed by atoms with E-state index in [1.807, 2.05) is 32.3 Å². The number of nitrogens with one attached hydrogen (secondary N) is 3. The fourth-order valence-corrected chi connectivity index (χ4v) is 4.27. The minimum Gasteiger partial charge on any atom is -0.377 e. The highest BCUT2D eigenvalue weighted by atomic mass is 16.6. The van der Waals surface area contributed by atoms with Gasteiger partial charge in [0.05, 0.1) is 10.4 Å². The summed E-state index contributed by atoms with van der Waals surface area (Å²) in [6.07, 6.45) is 3.41. The summed E-state index contributed by atoms with van der Waals surface area (Å²) in [4.78, 5) is 29.9. The smallest absolute Gasteiger partial charge is 0.319 e. The molecule has 0 radical (unpaired) electrons. The Bertz CT molecular complexity index is 1160. The number of nitro groups is 1. The number of aromatic nitrogens is 1. The van der Waals surface area contributed by atoms with E-state index >= 15 is 0 Å². The van der Waals surface area contributed by atoms with Crippen LogP contribution in [0.25, 0.3) is 10.9 Å². The Labute approximate surface area is 192 Å². The van der Waals surface area contributed by atoms with Crippen LogP contribution in [0.4, 0.5) is 27.7 Å². The molecular weight excluding hydrogens is 420 g/mol. The highest BCUT2D eigenvalue weighted by molar-refractivity contribution is 5.93. The van der Waals surface area contributed by atoms with Crippen LogP contribution >= 0.6 is 0 Å². The number of para-hydroxylation sites is 3. The number of hydrogen-bond acceptors (Lipinski definition) is 6.